The molecule has 0 aromatic heterocycles. The number of rotatable bonds is 5. The molecule has 2 aliphatic rings. The highest BCUT2D eigenvalue weighted by molar-refractivity contribution is 6.00. The van der Waals surface area contributed by atoms with E-state index in [0.29, 0.717) is 19.1 Å². The third-order valence-corrected chi connectivity index (χ3v) is 7.23. The maximum atomic E-state index is 13.3. The smallest absolute Gasteiger partial charge is 0.167 e. The summed E-state index contributed by atoms with van der Waals surface area (Å²) in [6.07, 6.45) is 2.90. The normalized spacial score (nSPS) is 46.3. The Bertz CT molecular complexity index is 618. The minimum Gasteiger partial charge on any atom is -0.515 e. The van der Waals surface area contributed by atoms with Gasteiger partial charge in [-0.05, 0) is 44.4 Å². The summed E-state index contributed by atoms with van der Waals surface area (Å²) in [5.74, 6) is -3.15. The van der Waals surface area contributed by atoms with Crippen LogP contribution in [0.3, 0.4) is 0 Å². The summed E-state index contributed by atoms with van der Waals surface area (Å²) in [6, 6.07) is 0. The fraction of sp³-hybridized carbons (Fsp3) is 0.810. The molecule has 0 spiro atoms. The van der Waals surface area contributed by atoms with Crippen LogP contribution < -0.4 is 0 Å². The summed E-state index contributed by atoms with van der Waals surface area (Å²) in [7, 11) is 0. The molecule has 27 heavy (non-hydrogen) atoms. The van der Waals surface area contributed by atoms with Crippen LogP contribution in [0.1, 0.15) is 53.9 Å². The first kappa shape index (κ1) is 22.1. The minimum atomic E-state index is -1.81. The van der Waals surface area contributed by atoms with E-state index in [0.717, 1.165) is 6.08 Å². The predicted molar refractivity (Wildman–Crippen MR) is 101 cm³/mol. The van der Waals surface area contributed by atoms with Gasteiger partial charge >= 0.3 is 0 Å². The topological polar surface area (TPSA) is 115 Å². The molecule has 0 aliphatic heterocycles. The summed E-state index contributed by atoms with van der Waals surface area (Å²) in [4.78, 5) is 26.5. The van der Waals surface area contributed by atoms with Crippen molar-refractivity contribution < 1.29 is 30.0 Å². The molecule has 2 rings (SSSR count). The lowest BCUT2D eigenvalue weighted by molar-refractivity contribution is -0.205. The van der Waals surface area contributed by atoms with Crippen LogP contribution in [0.15, 0.2) is 12.3 Å². The number of ketones is 2. The van der Waals surface area contributed by atoms with Gasteiger partial charge in [0.05, 0.1) is 11.9 Å². The molecule has 8 atom stereocenters. The number of allylic oxidation sites excluding steroid dienone is 1. The fourth-order valence-corrected chi connectivity index (χ4v) is 6.47. The maximum Gasteiger partial charge on any atom is 0.167 e. The van der Waals surface area contributed by atoms with Crippen LogP contribution in [0, 0.1) is 35.0 Å². The standard InChI is InChI=1S/C21H34O6/c1-6-13(11-23)17-20(4,15(24)7-8-22)16-12(2)9-19(3,26)10-14(16)18(25)21(17,5)27/h7-8,12-14,16-17,22-23,26-27H,6,9-11H2,1-5H3/t12-,13+,14+,16+,17-,19-,20-,21+/m1/s1. The van der Waals surface area contributed by atoms with Gasteiger partial charge in [0.15, 0.2) is 11.6 Å². The van der Waals surface area contributed by atoms with Crippen molar-refractivity contribution in [3.05, 3.63) is 12.3 Å². The molecular weight excluding hydrogens is 348 g/mol. The molecular formula is C21H34O6. The van der Waals surface area contributed by atoms with E-state index < -0.39 is 34.4 Å². The summed E-state index contributed by atoms with van der Waals surface area (Å²) in [5, 5.41) is 41.1. The fourth-order valence-electron chi connectivity index (χ4n) is 6.47. The number of fused-ring (bicyclic) bond motifs is 1. The summed E-state index contributed by atoms with van der Waals surface area (Å²) in [6.45, 7) is 8.38. The third kappa shape index (κ3) is 3.36. The van der Waals surface area contributed by atoms with Crippen molar-refractivity contribution in [3.63, 3.8) is 0 Å². The van der Waals surface area contributed by atoms with Crippen molar-refractivity contribution in [2.75, 3.05) is 6.61 Å². The Hall–Kier alpha value is -1.24. The Balaban J connectivity index is 2.74. The zero-order valence-corrected chi connectivity index (χ0v) is 17.0. The van der Waals surface area contributed by atoms with Crippen molar-refractivity contribution in [1.29, 1.82) is 0 Å². The highest BCUT2D eigenvalue weighted by Gasteiger charge is 2.67. The first-order valence-electron chi connectivity index (χ1n) is 9.83. The molecule has 2 saturated carbocycles. The van der Waals surface area contributed by atoms with E-state index in [4.69, 9.17) is 0 Å². The highest BCUT2D eigenvalue weighted by Crippen LogP contribution is 2.61. The van der Waals surface area contributed by atoms with Crippen LogP contribution in [-0.4, -0.2) is 49.8 Å². The van der Waals surface area contributed by atoms with Gasteiger partial charge in [0.25, 0.3) is 0 Å². The molecule has 0 saturated heterocycles. The Labute approximate surface area is 161 Å². The van der Waals surface area contributed by atoms with E-state index in [1.54, 1.807) is 13.8 Å². The molecule has 154 valence electrons. The second kappa shape index (κ2) is 7.30. The van der Waals surface area contributed by atoms with E-state index in [2.05, 4.69) is 0 Å². The number of Topliss-reactive ketones (excluding diaryl/α,β-unsaturated/α-hetero) is 1. The first-order valence-corrected chi connectivity index (χ1v) is 9.83. The monoisotopic (exact) mass is 382 g/mol. The second-order valence-electron chi connectivity index (χ2n) is 9.32. The summed E-state index contributed by atoms with van der Waals surface area (Å²) >= 11 is 0. The largest absolute Gasteiger partial charge is 0.515 e. The molecule has 2 fully saturated rings. The Kier molecular flexibility index (Phi) is 5.96. The van der Waals surface area contributed by atoms with Gasteiger partial charge in [-0.3, -0.25) is 9.59 Å². The van der Waals surface area contributed by atoms with E-state index in [-0.39, 0.29) is 36.4 Å². The number of hydrogen-bond acceptors (Lipinski definition) is 6. The van der Waals surface area contributed by atoms with Gasteiger partial charge in [0, 0.05) is 29.9 Å². The van der Waals surface area contributed by atoms with Crippen LogP contribution in [0.25, 0.3) is 0 Å². The lowest BCUT2D eigenvalue weighted by atomic mass is 9.42. The zero-order valence-electron chi connectivity index (χ0n) is 17.0. The molecule has 0 radical (unpaired) electrons. The van der Waals surface area contributed by atoms with Crippen molar-refractivity contribution in [1.82, 2.24) is 0 Å². The van der Waals surface area contributed by atoms with Gasteiger partial charge in [0.1, 0.15) is 5.60 Å². The van der Waals surface area contributed by atoms with Crippen LogP contribution in [0.4, 0.5) is 0 Å². The second-order valence-corrected chi connectivity index (χ2v) is 9.32. The number of carbonyl (C=O) groups excluding carboxylic acids is 2. The molecule has 6 heteroatoms. The van der Waals surface area contributed by atoms with Gasteiger partial charge in [0.2, 0.25) is 0 Å². The molecule has 2 aliphatic carbocycles. The van der Waals surface area contributed by atoms with Gasteiger partial charge in [-0.15, -0.1) is 0 Å². The molecule has 0 aromatic rings. The molecule has 6 nitrogen and oxygen atoms in total. The van der Waals surface area contributed by atoms with Crippen molar-refractivity contribution >= 4 is 11.6 Å². The highest BCUT2D eigenvalue weighted by atomic mass is 16.3. The van der Waals surface area contributed by atoms with E-state index in [1.807, 2.05) is 13.8 Å². The third-order valence-electron chi connectivity index (χ3n) is 7.23. The van der Waals surface area contributed by atoms with Crippen molar-refractivity contribution in [2.45, 2.75) is 65.1 Å². The molecule has 4 N–H and O–H groups in total. The zero-order chi connectivity index (χ0) is 20.8. The SMILES string of the molecule is CC[C@@H](CO)[C@@H]1[C@](C)(C(=O)C=CO)[C@H]2[C@H](C)C[C@@](C)(O)C[C@@H]2C(=O)[C@@]1(C)O. The number of carbonyl (C=O) groups is 2. The van der Waals surface area contributed by atoms with Crippen LogP contribution in [0.2, 0.25) is 0 Å². The van der Waals surface area contributed by atoms with Crippen molar-refractivity contribution in [3.8, 4) is 0 Å². The van der Waals surface area contributed by atoms with E-state index in [9.17, 15) is 30.0 Å². The van der Waals surface area contributed by atoms with Gasteiger partial charge in [-0.25, -0.2) is 0 Å². The molecule has 0 heterocycles. The maximum absolute atomic E-state index is 13.3. The number of hydrogen-bond donors (Lipinski definition) is 4. The minimum absolute atomic E-state index is 0.140. The molecule has 0 amide bonds. The average Bonchev–Trinajstić information content (AvgIpc) is 2.55. The predicted octanol–water partition coefficient (Wildman–Crippen LogP) is 2.02. The summed E-state index contributed by atoms with van der Waals surface area (Å²) < 4.78 is 0. The number of aliphatic hydroxyl groups excluding tert-OH is 2. The quantitative estimate of drug-likeness (QED) is 0.427. The van der Waals surface area contributed by atoms with Gasteiger partial charge in [-0.1, -0.05) is 27.2 Å². The Morgan fingerprint density at radius 2 is 1.85 bits per heavy atom. The summed E-state index contributed by atoms with van der Waals surface area (Å²) in [5.41, 5.74) is -4.01. The molecule has 0 aromatic carbocycles. The molecule has 0 bridgehead atoms. The lowest BCUT2D eigenvalue weighted by Crippen LogP contribution is -2.69. The van der Waals surface area contributed by atoms with Crippen LogP contribution >= 0.6 is 0 Å². The average molecular weight is 382 g/mol. The number of aliphatic hydroxyl groups is 4. The van der Waals surface area contributed by atoms with Crippen LogP contribution in [-0.2, 0) is 9.59 Å². The van der Waals surface area contributed by atoms with Gasteiger partial charge < -0.3 is 20.4 Å². The Morgan fingerprint density at radius 3 is 2.33 bits per heavy atom. The Morgan fingerprint density at radius 1 is 1.26 bits per heavy atom. The van der Waals surface area contributed by atoms with E-state index >= 15 is 0 Å². The van der Waals surface area contributed by atoms with E-state index in [1.165, 1.54) is 6.92 Å². The molecule has 0 unspecified atom stereocenters. The van der Waals surface area contributed by atoms with Crippen molar-refractivity contribution in [2.24, 2.45) is 35.0 Å². The van der Waals surface area contributed by atoms with Crippen LogP contribution in [0.5, 0.6) is 0 Å². The first-order chi connectivity index (χ1) is 12.4. The lowest BCUT2D eigenvalue weighted by Gasteiger charge is -2.61. The van der Waals surface area contributed by atoms with Gasteiger partial charge in [-0.2, -0.15) is 0 Å².